The lowest BCUT2D eigenvalue weighted by atomic mass is 10.0. The second kappa shape index (κ2) is 6.41. The molecular formula is C15H15F2N3O. The molecule has 2 rings (SSSR count). The first-order chi connectivity index (χ1) is 9.99. The van der Waals surface area contributed by atoms with Crippen molar-refractivity contribution in [2.24, 2.45) is 5.73 Å². The average molecular weight is 291 g/mol. The highest BCUT2D eigenvalue weighted by Gasteiger charge is 2.39. The number of imidazole rings is 1. The van der Waals surface area contributed by atoms with E-state index in [4.69, 9.17) is 5.73 Å². The van der Waals surface area contributed by atoms with Crippen LogP contribution >= 0.6 is 0 Å². The Labute approximate surface area is 120 Å². The van der Waals surface area contributed by atoms with Gasteiger partial charge in [0.15, 0.2) is 0 Å². The summed E-state index contributed by atoms with van der Waals surface area (Å²) in [6.07, 6.45) is 4.64. The molecule has 1 aromatic carbocycles. The molecule has 0 aliphatic carbocycles. The van der Waals surface area contributed by atoms with Crippen molar-refractivity contribution in [3.63, 3.8) is 0 Å². The van der Waals surface area contributed by atoms with Crippen molar-refractivity contribution in [3.8, 4) is 0 Å². The predicted octanol–water partition coefficient (Wildman–Crippen LogP) is 2.20. The largest absolute Gasteiger partial charge is 0.348 e. The number of allylic oxidation sites excluding steroid dienone is 1. The van der Waals surface area contributed by atoms with E-state index in [2.05, 4.69) is 9.97 Å². The third kappa shape index (κ3) is 4.06. The smallest absolute Gasteiger partial charge is 0.325 e. The summed E-state index contributed by atoms with van der Waals surface area (Å²) in [4.78, 5) is 18.2. The van der Waals surface area contributed by atoms with Crippen LogP contribution in [-0.2, 0) is 11.2 Å². The molecule has 3 N–H and O–H groups in total. The van der Waals surface area contributed by atoms with E-state index >= 15 is 0 Å². The van der Waals surface area contributed by atoms with Crippen molar-refractivity contribution in [1.82, 2.24) is 9.97 Å². The maximum absolute atomic E-state index is 13.8. The molecule has 4 nitrogen and oxygen atoms in total. The molecule has 1 aromatic heterocycles. The van der Waals surface area contributed by atoms with Crippen LogP contribution < -0.4 is 5.73 Å². The van der Waals surface area contributed by atoms with E-state index in [1.807, 2.05) is 0 Å². The summed E-state index contributed by atoms with van der Waals surface area (Å²) in [5, 5.41) is 0. The Morgan fingerprint density at radius 2 is 2.10 bits per heavy atom. The second-order valence-corrected chi connectivity index (χ2v) is 4.62. The van der Waals surface area contributed by atoms with Crippen molar-refractivity contribution in [2.75, 3.05) is 0 Å². The molecule has 1 unspecified atom stereocenters. The number of nitrogens with zero attached hydrogens (tertiary/aromatic N) is 1. The number of benzene rings is 1. The highest BCUT2D eigenvalue weighted by Crippen LogP contribution is 2.21. The van der Waals surface area contributed by atoms with Crippen LogP contribution in [0.2, 0.25) is 0 Å². The molecule has 1 heterocycles. The number of H-pyrrole nitrogens is 1. The number of Topliss-reactive ketones (excluding diaryl/α,β-unsaturated/α-hetero) is 1. The van der Waals surface area contributed by atoms with Gasteiger partial charge in [-0.3, -0.25) is 4.79 Å². The second-order valence-electron chi connectivity index (χ2n) is 4.62. The van der Waals surface area contributed by atoms with Gasteiger partial charge >= 0.3 is 5.92 Å². The molecule has 6 heteroatoms. The summed E-state index contributed by atoms with van der Waals surface area (Å²) in [6, 6.07) is 7.28. The molecule has 2 aromatic rings. The minimum absolute atomic E-state index is 0.00635. The van der Waals surface area contributed by atoms with Crippen molar-refractivity contribution in [2.45, 2.75) is 18.4 Å². The molecule has 0 saturated carbocycles. The van der Waals surface area contributed by atoms with Gasteiger partial charge in [-0.25, -0.2) is 4.98 Å². The molecule has 0 aliphatic heterocycles. The summed E-state index contributed by atoms with van der Waals surface area (Å²) in [6.45, 7) is 0. The van der Waals surface area contributed by atoms with Crippen molar-refractivity contribution in [3.05, 3.63) is 60.2 Å². The summed E-state index contributed by atoms with van der Waals surface area (Å²) >= 11 is 0. The molecule has 0 radical (unpaired) electrons. The molecule has 0 fully saturated rings. The summed E-state index contributed by atoms with van der Waals surface area (Å²) in [5.74, 6) is -4.92. The highest BCUT2D eigenvalue weighted by molar-refractivity contribution is 5.93. The molecule has 0 saturated heterocycles. The lowest BCUT2D eigenvalue weighted by molar-refractivity contribution is -0.138. The molecule has 0 bridgehead atoms. The summed E-state index contributed by atoms with van der Waals surface area (Å²) < 4.78 is 27.7. The van der Waals surface area contributed by atoms with Gasteiger partial charge in [0.2, 0.25) is 5.78 Å². The third-order valence-corrected chi connectivity index (χ3v) is 2.94. The number of carbonyl (C=O) groups is 1. The predicted molar refractivity (Wildman–Crippen MR) is 75.7 cm³/mol. The van der Waals surface area contributed by atoms with Crippen LogP contribution in [0, 0.1) is 0 Å². The van der Waals surface area contributed by atoms with E-state index in [1.165, 1.54) is 18.6 Å². The Bertz CT molecular complexity index is 609. The highest BCUT2D eigenvalue weighted by atomic mass is 19.3. The Hall–Kier alpha value is -2.34. The van der Waals surface area contributed by atoms with Gasteiger partial charge in [-0.1, -0.05) is 36.4 Å². The zero-order chi connectivity index (χ0) is 15.3. The van der Waals surface area contributed by atoms with Gasteiger partial charge in [0.1, 0.15) is 0 Å². The van der Waals surface area contributed by atoms with E-state index in [1.54, 1.807) is 30.3 Å². The van der Waals surface area contributed by atoms with Gasteiger partial charge in [-0.15, -0.1) is 0 Å². The van der Waals surface area contributed by atoms with Gasteiger partial charge in [-0.05, 0) is 11.6 Å². The number of halogens is 2. The molecule has 21 heavy (non-hydrogen) atoms. The van der Waals surface area contributed by atoms with Crippen molar-refractivity contribution in [1.29, 1.82) is 0 Å². The number of hydrogen-bond donors (Lipinski definition) is 2. The fraction of sp³-hybridized carbons (Fsp3) is 0.200. The Morgan fingerprint density at radius 1 is 1.38 bits per heavy atom. The molecule has 1 atom stereocenters. The van der Waals surface area contributed by atoms with Crippen LogP contribution in [0.3, 0.4) is 0 Å². The first-order valence-corrected chi connectivity index (χ1v) is 6.38. The van der Waals surface area contributed by atoms with Crippen LogP contribution in [0.4, 0.5) is 8.78 Å². The number of nitrogens with one attached hydrogen (secondary N) is 1. The molecule has 0 spiro atoms. The standard InChI is InChI=1S/C15H15F2N3O/c16-15(17,7-6-11-4-2-1-3-5-11)14(21)13(18)8-12-9-19-10-20-12/h1-7,9-10,13H,8,18H2,(H,19,20)/b7-6+. The van der Waals surface area contributed by atoms with E-state index in [9.17, 15) is 13.6 Å². The van der Waals surface area contributed by atoms with Crippen LogP contribution in [0.1, 0.15) is 11.3 Å². The first kappa shape index (κ1) is 15.1. The fourth-order valence-electron chi connectivity index (χ4n) is 1.82. The molecular weight excluding hydrogens is 276 g/mol. The topological polar surface area (TPSA) is 71.8 Å². The summed E-state index contributed by atoms with van der Waals surface area (Å²) in [5.41, 5.74) is 6.68. The average Bonchev–Trinajstić information content (AvgIpc) is 2.98. The Morgan fingerprint density at radius 3 is 2.71 bits per heavy atom. The maximum atomic E-state index is 13.8. The normalized spacial score (nSPS) is 13.5. The monoisotopic (exact) mass is 291 g/mol. The van der Waals surface area contributed by atoms with Gasteiger partial charge in [0.25, 0.3) is 0 Å². The lowest BCUT2D eigenvalue weighted by Gasteiger charge is -2.15. The van der Waals surface area contributed by atoms with E-state index in [0.29, 0.717) is 17.3 Å². The fourth-order valence-corrected chi connectivity index (χ4v) is 1.82. The number of carbonyl (C=O) groups excluding carboxylic acids is 1. The van der Waals surface area contributed by atoms with E-state index < -0.39 is 17.7 Å². The van der Waals surface area contributed by atoms with Gasteiger partial charge in [-0.2, -0.15) is 8.78 Å². The number of rotatable bonds is 6. The number of alkyl halides is 2. The molecule has 110 valence electrons. The summed E-state index contributed by atoms with van der Waals surface area (Å²) in [7, 11) is 0. The SMILES string of the molecule is NC(Cc1cnc[nH]1)C(=O)C(F)(F)/C=C/c1ccccc1. The zero-order valence-corrected chi connectivity index (χ0v) is 11.2. The van der Waals surface area contributed by atoms with Crippen LogP contribution in [0.5, 0.6) is 0 Å². The van der Waals surface area contributed by atoms with Crippen LogP contribution in [-0.4, -0.2) is 27.7 Å². The molecule has 0 amide bonds. The van der Waals surface area contributed by atoms with E-state index in [0.717, 1.165) is 0 Å². The number of nitrogens with two attached hydrogens (primary N) is 1. The van der Waals surface area contributed by atoms with Crippen LogP contribution in [0.15, 0.2) is 48.9 Å². The quantitative estimate of drug-likeness (QED) is 0.857. The number of aromatic amines is 1. The van der Waals surface area contributed by atoms with Crippen molar-refractivity contribution >= 4 is 11.9 Å². The maximum Gasteiger partial charge on any atom is 0.325 e. The lowest BCUT2D eigenvalue weighted by Crippen LogP contribution is -2.43. The van der Waals surface area contributed by atoms with E-state index in [-0.39, 0.29) is 6.42 Å². The third-order valence-electron chi connectivity index (χ3n) is 2.94. The molecule has 0 aliphatic rings. The Kier molecular flexibility index (Phi) is 4.59. The van der Waals surface area contributed by atoms with Gasteiger partial charge < -0.3 is 10.7 Å². The minimum atomic E-state index is -3.60. The minimum Gasteiger partial charge on any atom is -0.348 e. The number of hydrogen-bond acceptors (Lipinski definition) is 3. The van der Waals surface area contributed by atoms with Crippen LogP contribution in [0.25, 0.3) is 6.08 Å². The number of ketones is 1. The van der Waals surface area contributed by atoms with Crippen molar-refractivity contribution < 1.29 is 13.6 Å². The number of aromatic nitrogens is 2. The van der Waals surface area contributed by atoms with Gasteiger partial charge in [0, 0.05) is 18.3 Å². The first-order valence-electron chi connectivity index (χ1n) is 6.38. The van der Waals surface area contributed by atoms with Gasteiger partial charge in [0.05, 0.1) is 12.4 Å². The zero-order valence-electron chi connectivity index (χ0n) is 11.2. The Balaban J connectivity index is 2.04.